The number of hydrogen-bond donors (Lipinski definition) is 2. The fourth-order valence-electron chi connectivity index (χ4n) is 1.96. The average molecular weight is 243 g/mol. The molecule has 0 spiro atoms. The highest BCUT2D eigenvalue weighted by Gasteiger charge is 2.20. The van der Waals surface area contributed by atoms with Gasteiger partial charge in [0.1, 0.15) is 11.5 Å². The van der Waals surface area contributed by atoms with Gasteiger partial charge >= 0.3 is 0 Å². The second-order valence-corrected chi connectivity index (χ2v) is 4.81. The Morgan fingerprint density at radius 3 is 2.89 bits per heavy atom. The lowest BCUT2D eigenvalue weighted by molar-refractivity contribution is 0.623. The molecule has 3 rings (SSSR count). The number of aromatic amines is 1. The van der Waals surface area contributed by atoms with Crippen molar-refractivity contribution in [1.82, 2.24) is 25.3 Å². The number of imidazole rings is 1. The highest BCUT2D eigenvalue weighted by molar-refractivity contribution is 5.55. The average Bonchev–Trinajstić information content (AvgIpc) is 3.08. The second kappa shape index (κ2) is 4.86. The minimum Gasteiger partial charge on any atom is -0.340 e. The number of aromatic nitrogens is 4. The Labute approximate surface area is 106 Å². The summed E-state index contributed by atoms with van der Waals surface area (Å²) in [4.78, 5) is 16.2. The van der Waals surface area contributed by atoms with E-state index in [4.69, 9.17) is 0 Å². The van der Waals surface area contributed by atoms with E-state index in [1.54, 1.807) is 12.4 Å². The van der Waals surface area contributed by atoms with Crippen molar-refractivity contribution in [3.63, 3.8) is 0 Å². The van der Waals surface area contributed by atoms with Gasteiger partial charge in [0.05, 0.1) is 24.1 Å². The van der Waals surface area contributed by atoms with Crippen LogP contribution in [0.15, 0.2) is 18.6 Å². The van der Waals surface area contributed by atoms with Crippen LogP contribution in [0, 0.1) is 12.8 Å². The Kier molecular flexibility index (Phi) is 3.06. The van der Waals surface area contributed by atoms with Gasteiger partial charge in [-0.1, -0.05) is 0 Å². The van der Waals surface area contributed by atoms with Crippen LogP contribution in [0.3, 0.4) is 0 Å². The quantitative estimate of drug-likeness (QED) is 0.838. The fourth-order valence-corrected chi connectivity index (χ4v) is 1.96. The molecular weight excluding hydrogens is 226 g/mol. The molecule has 2 N–H and O–H groups in total. The Morgan fingerprint density at radius 2 is 2.11 bits per heavy atom. The third-order valence-electron chi connectivity index (χ3n) is 3.19. The number of H-pyrrole nitrogens is 1. The summed E-state index contributed by atoms with van der Waals surface area (Å²) < 4.78 is 0. The molecule has 18 heavy (non-hydrogen) atoms. The highest BCUT2D eigenvalue weighted by atomic mass is 15.0. The summed E-state index contributed by atoms with van der Waals surface area (Å²) in [5.74, 6) is 1.84. The zero-order valence-electron chi connectivity index (χ0n) is 10.5. The number of nitrogens with one attached hydrogen (secondary N) is 2. The fraction of sp³-hybridized carbons (Fsp3) is 0.462. The van der Waals surface area contributed by atoms with Gasteiger partial charge in [0.25, 0.3) is 0 Å². The molecule has 2 aromatic rings. The number of hydrogen-bond acceptors (Lipinski definition) is 4. The summed E-state index contributed by atoms with van der Waals surface area (Å²) in [6.45, 7) is 3.84. The van der Waals surface area contributed by atoms with Gasteiger partial charge in [-0.05, 0) is 32.2 Å². The van der Waals surface area contributed by atoms with E-state index in [-0.39, 0.29) is 0 Å². The van der Waals surface area contributed by atoms with Crippen molar-refractivity contribution >= 4 is 0 Å². The van der Waals surface area contributed by atoms with Crippen LogP contribution < -0.4 is 5.32 Å². The van der Waals surface area contributed by atoms with E-state index in [9.17, 15) is 0 Å². The maximum Gasteiger partial charge on any atom is 0.120 e. The lowest BCUT2D eigenvalue weighted by atomic mass is 10.2. The van der Waals surface area contributed by atoms with Crippen molar-refractivity contribution in [2.24, 2.45) is 5.92 Å². The topological polar surface area (TPSA) is 66.5 Å². The molecule has 5 nitrogen and oxygen atoms in total. The third-order valence-corrected chi connectivity index (χ3v) is 3.19. The van der Waals surface area contributed by atoms with Crippen LogP contribution >= 0.6 is 0 Å². The van der Waals surface area contributed by atoms with Gasteiger partial charge in [-0.15, -0.1) is 0 Å². The molecule has 0 radical (unpaired) electrons. The van der Waals surface area contributed by atoms with E-state index in [2.05, 4.69) is 25.3 Å². The summed E-state index contributed by atoms with van der Waals surface area (Å²) in [6, 6.07) is 0. The van der Waals surface area contributed by atoms with E-state index in [0.29, 0.717) is 0 Å². The largest absolute Gasteiger partial charge is 0.340 e. The van der Waals surface area contributed by atoms with Gasteiger partial charge in [0.15, 0.2) is 0 Å². The molecule has 2 aromatic heterocycles. The molecule has 1 aliphatic carbocycles. The van der Waals surface area contributed by atoms with Crippen molar-refractivity contribution in [3.8, 4) is 11.4 Å². The molecular formula is C13H17N5. The Hall–Kier alpha value is -1.75. The van der Waals surface area contributed by atoms with Gasteiger partial charge in [0.2, 0.25) is 0 Å². The minimum absolute atomic E-state index is 0.788. The summed E-state index contributed by atoms with van der Waals surface area (Å²) in [5, 5.41) is 3.41. The predicted octanol–water partition coefficient (Wildman–Crippen LogP) is 1.67. The van der Waals surface area contributed by atoms with Gasteiger partial charge in [-0.25, -0.2) is 4.98 Å². The number of aryl methyl sites for hydroxylation is 1. The van der Waals surface area contributed by atoms with Gasteiger partial charge in [0, 0.05) is 12.4 Å². The first kappa shape index (κ1) is 11.3. The van der Waals surface area contributed by atoms with Crippen LogP contribution in [0.25, 0.3) is 11.4 Å². The van der Waals surface area contributed by atoms with Gasteiger partial charge in [-0.2, -0.15) is 0 Å². The standard InChI is InChI=1S/C13H17N5/c1-9-13(16-5-4-15-9)11-7-17-12(18-11)8-14-6-10-2-3-10/h4-5,7,10,14H,2-3,6,8H2,1H3,(H,17,18). The third kappa shape index (κ3) is 2.56. The maximum absolute atomic E-state index is 4.37. The molecule has 0 amide bonds. The summed E-state index contributed by atoms with van der Waals surface area (Å²) in [6.07, 6.45) is 7.97. The zero-order chi connectivity index (χ0) is 12.4. The first-order valence-corrected chi connectivity index (χ1v) is 6.35. The van der Waals surface area contributed by atoms with E-state index in [1.165, 1.54) is 12.8 Å². The minimum atomic E-state index is 0.788. The first-order chi connectivity index (χ1) is 8.83. The van der Waals surface area contributed by atoms with Crippen molar-refractivity contribution in [1.29, 1.82) is 0 Å². The molecule has 0 unspecified atom stereocenters. The lowest BCUT2D eigenvalue weighted by Gasteiger charge is -2.01. The molecule has 0 bridgehead atoms. The lowest BCUT2D eigenvalue weighted by Crippen LogP contribution is -2.16. The maximum atomic E-state index is 4.37. The molecule has 2 heterocycles. The van der Waals surface area contributed by atoms with Crippen molar-refractivity contribution in [2.75, 3.05) is 6.54 Å². The number of nitrogens with zero attached hydrogens (tertiary/aromatic N) is 3. The summed E-state index contributed by atoms with van der Waals surface area (Å²) in [7, 11) is 0. The molecule has 0 aromatic carbocycles. The molecule has 0 saturated heterocycles. The van der Waals surface area contributed by atoms with Crippen molar-refractivity contribution in [2.45, 2.75) is 26.3 Å². The molecule has 1 saturated carbocycles. The molecule has 1 fully saturated rings. The normalized spacial score (nSPS) is 14.9. The van der Waals surface area contributed by atoms with Crippen LogP contribution in [0.2, 0.25) is 0 Å². The summed E-state index contributed by atoms with van der Waals surface area (Å²) in [5.41, 5.74) is 2.72. The smallest absolute Gasteiger partial charge is 0.120 e. The molecule has 94 valence electrons. The van der Waals surface area contributed by atoms with E-state index >= 15 is 0 Å². The first-order valence-electron chi connectivity index (χ1n) is 6.35. The van der Waals surface area contributed by atoms with Crippen LogP contribution in [0.1, 0.15) is 24.4 Å². The Morgan fingerprint density at radius 1 is 1.28 bits per heavy atom. The van der Waals surface area contributed by atoms with Crippen LogP contribution in [0.4, 0.5) is 0 Å². The van der Waals surface area contributed by atoms with Gasteiger partial charge < -0.3 is 10.3 Å². The molecule has 0 atom stereocenters. The zero-order valence-corrected chi connectivity index (χ0v) is 10.5. The van der Waals surface area contributed by atoms with E-state index in [0.717, 1.165) is 41.9 Å². The molecule has 5 heteroatoms. The van der Waals surface area contributed by atoms with Gasteiger partial charge in [-0.3, -0.25) is 9.97 Å². The van der Waals surface area contributed by atoms with Crippen LogP contribution in [0.5, 0.6) is 0 Å². The molecule has 0 aliphatic heterocycles. The second-order valence-electron chi connectivity index (χ2n) is 4.81. The highest BCUT2D eigenvalue weighted by Crippen LogP contribution is 2.27. The van der Waals surface area contributed by atoms with E-state index < -0.39 is 0 Å². The summed E-state index contributed by atoms with van der Waals surface area (Å²) >= 11 is 0. The van der Waals surface area contributed by atoms with Crippen molar-refractivity contribution < 1.29 is 0 Å². The Balaban J connectivity index is 1.66. The predicted molar refractivity (Wildman–Crippen MR) is 68.8 cm³/mol. The number of rotatable bonds is 5. The van der Waals surface area contributed by atoms with Crippen molar-refractivity contribution in [3.05, 3.63) is 30.1 Å². The molecule has 1 aliphatic rings. The van der Waals surface area contributed by atoms with E-state index in [1.807, 2.05) is 13.1 Å². The van der Waals surface area contributed by atoms with Crippen LogP contribution in [-0.2, 0) is 6.54 Å². The Bertz CT molecular complexity index is 530. The monoisotopic (exact) mass is 243 g/mol. The SMILES string of the molecule is Cc1nccnc1-c1cnc(CNCC2CC2)[nH]1. The van der Waals surface area contributed by atoms with Crippen LogP contribution in [-0.4, -0.2) is 26.5 Å².